The number of rotatable bonds is 8. The number of ether oxygens (including phenoxy) is 3. The van der Waals surface area contributed by atoms with Crippen molar-refractivity contribution in [2.24, 2.45) is 0 Å². The second kappa shape index (κ2) is 15.1. The maximum absolute atomic E-state index is 12.0. The van der Waals surface area contributed by atoms with Crippen LogP contribution in [0.2, 0.25) is 0 Å². The molecule has 0 fully saturated rings. The lowest BCUT2D eigenvalue weighted by atomic mass is 10.2. The molecule has 0 aliphatic carbocycles. The van der Waals surface area contributed by atoms with Crippen LogP contribution in [-0.4, -0.2) is 47.1 Å². The number of carbonyl (C=O) groups excluding carboxylic acids is 3. The summed E-state index contributed by atoms with van der Waals surface area (Å²) in [5, 5.41) is 0. The Morgan fingerprint density at radius 3 is 2.03 bits per heavy atom. The van der Waals surface area contributed by atoms with Crippen LogP contribution in [0, 0.1) is 0 Å². The molecule has 0 atom stereocenters. The van der Waals surface area contributed by atoms with Gasteiger partial charge in [-0.1, -0.05) is 6.08 Å². The van der Waals surface area contributed by atoms with Crippen LogP contribution in [0.1, 0.15) is 36.8 Å². The van der Waals surface area contributed by atoms with E-state index >= 15 is 0 Å². The van der Waals surface area contributed by atoms with Crippen LogP contribution in [0.4, 0.5) is 0 Å². The van der Waals surface area contributed by atoms with E-state index in [0.717, 1.165) is 20.2 Å². The first-order chi connectivity index (χ1) is 17.7. The highest BCUT2D eigenvalue weighted by Crippen LogP contribution is 2.12. The van der Waals surface area contributed by atoms with E-state index in [1.54, 1.807) is 51.4 Å². The molecular weight excluding hydrogens is 612 g/mol. The third kappa shape index (κ3) is 8.94. The third-order valence-corrected chi connectivity index (χ3v) is 5.54. The zero-order valence-corrected chi connectivity index (χ0v) is 23.7. The summed E-state index contributed by atoms with van der Waals surface area (Å²) in [6, 6.07) is 10.5. The average Bonchev–Trinajstić information content (AvgIpc) is 2.87. The van der Waals surface area contributed by atoms with E-state index in [0.29, 0.717) is 6.42 Å². The molecule has 0 aromatic carbocycles. The second-order valence-electron chi connectivity index (χ2n) is 7.15. The molecule has 0 N–H and O–H groups in total. The van der Waals surface area contributed by atoms with E-state index < -0.39 is 17.9 Å². The van der Waals surface area contributed by atoms with Crippen molar-refractivity contribution >= 4 is 55.3 Å². The Morgan fingerprint density at radius 2 is 1.46 bits per heavy atom. The van der Waals surface area contributed by atoms with Crippen LogP contribution in [0.5, 0.6) is 0 Å². The molecule has 3 rings (SSSR count). The molecule has 196 valence electrons. The quantitative estimate of drug-likeness (QED) is 0.115. The average molecular weight is 638 g/mol. The molecule has 0 aliphatic heterocycles. The molecule has 9 nitrogen and oxygen atoms in total. The fourth-order valence-electron chi connectivity index (χ4n) is 2.93. The second-order valence-corrected chi connectivity index (χ2v) is 8.98. The van der Waals surface area contributed by atoms with Gasteiger partial charge in [-0.05, 0) is 89.0 Å². The summed E-state index contributed by atoms with van der Waals surface area (Å²) in [5.41, 5.74) is 1.04. The predicted molar refractivity (Wildman–Crippen MR) is 144 cm³/mol. The maximum Gasteiger partial charge on any atom is 0.345 e. The van der Waals surface area contributed by atoms with Crippen LogP contribution in [0.25, 0.3) is 5.52 Å². The number of nitrogens with zero attached hydrogens (tertiary/aromatic N) is 2. The number of fused-ring (bicyclic) bond motifs is 1. The van der Waals surface area contributed by atoms with Crippen molar-refractivity contribution in [1.29, 1.82) is 0 Å². The number of halogens is 2. The van der Waals surface area contributed by atoms with Crippen LogP contribution < -0.4 is 5.56 Å². The van der Waals surface area contributed by atoms with Crippen molar-refractivity contribution in [3.05, 3.63) is 91.0 Å². The Morgan fingerprint density at radius 1 is 0.865 bits per heavy atom. The third-order valence-electron chi connectivity index (χ3n) is 4.60. The predicted octanol–water partition coefficient (Wildman–Crippen LogP) is 4.68. The summed E-state index contributed by atoms with van der Waals surface area (Å²) in [7, 11) is 0. The van der Waals surface area contributed by atoms with Gasteiger partial charge >= 0.3 is 17.9 Å². The molecule has 3 aromatic heterocycles. The van der Waals surface area contributed by atoms with Gasteiger partial charge in [0.05, 0.1) is 19.8 Å². The van der Waals surface area contributed by atoms with Gasteiger partial charge in [-0.3, -0.25) is 14.2 Å². The van der Waals surface area contributed by atoms with E-state index in [9.17, 15) is 19.2 Å². The molecule has 0 saturated heterocycles. The standard InChI is InChI=1S/C14H16BrNO4.C12H10BrNO3/c1-3-19-13(17)12(14(18)20-4-2)8-7-11-6-5-10(15)9-16-11;1-2-17-12(16)10-6-5-9-4-3-8(13)7-14(9)11(10)15/h5-6,8-9H,3-4,7H2,1-2H3;3-7H,2H2,1H3. The van der Waals surface area contributed by atoms with Gasteiger partial charge in [0.2, 0.25) is 0 Å². The number of hydrogen-bond acceptors (Lipinski definition) is 8. The molecule has 0 amide bonds. The van der Waals surface area contributed by atoms with Gasteiger partial charge in [0.25, 0.3) is 5.56 Å². The highest BCUT2D eigenvalue weighted by Gasteiger charge is 2.20. The summed E-state index contributed by atoms with van der Waals surface area (Å²) >= 11 is 6.57. The van der Waals surface area contributed by atoms with Crippen LogP contribution in [-0.2, 0) is 30.2 Å². The Hall–Kier alpha value is -3.31. The Labute approximate surface area is 230 Å². The minimum atomic E-state index is -0.678. The van der Waals surface area contributed by atoms with Gasteiger partial charge in [-0.2, -0.15) is 0 Å². The number of hydrogen-bond donors (Lipinski definition) is 0. The summed E-state index contributed by atoms with van der Waals surface area (Å²) in [4.78, 5) is 51.2. The minimum absolute atomic E-state index is 0.0439. The van der Waals surface area contributed by atoms with Gasteiger partial charge in [-0.15, -0.1) is 0 Å². The summed E-state index contributed by atoms with van der Waals surface area (Å²) in [6.45, 7) is 5.71. The van der Waals surface area contributed by atoms with Gasteiger partial charge < -0.3 is 14.2 Å². The Kier molecular flexibility index (Phi) is 12.2. The first-order valence-electron chi connectivity index (χ1n) is 11.3. The highest BCUT2D eigenvalue weighted by molar-refractivity contribution is 9.10. The molecule has 3 heterocycles. The smallest absolute Gasteiger partial charge is 0.345 e. The van der Waals surface area contributed by atoms with Crippen molar-refractivity contribution in [3.63, 3.8) is 0 Å². The van der Waals surface area contributed by atoms with E-state index in [4.69, 9.17) is 14.2 Å². The normalized spacial score (nSPS) is 10.1. The first kappa shape index (κ1) is 29.9. The number of aromatic nitrogens is 2. The fraction of sp³-hybridized carbons (Fsp3) is 0.269. The number of esters is 3. The lowest BCUT2D eigenvalue weighted by Crippen LogP contribution is -2.23. The molecule has 0 saturated carbocycles. The topological polar surface area (TPSA) is 113 Å². The largest absolute Gasteiger partial charge is 0.462 e. The molecule has 0 spiro atoms. The van der Waals surface area contributed by atoms with Crippen molar-refractivity contribution in [1.82, 2.24) is 9.38 Å². The molecule has 37 heavy (non-hydrogen) atoms. The minimum Gasteiger partial charge on any atom is -0.462 e. The molecule has 0 unspecified atom stereocenters. The monoisotopic (exact) mass is 636 g/mol. The lowest BCUT2D eigenvalue weighted by molar-refractivity contribution is -0.146. The SMILES string of the molecule is CCOC(=O)C(=CCc1ccc(Br)cn1)C(=O)OCC.CCOC(=O)c1ccc2ccc(Br)cn2c1=O. The Balaban J connectivity index is 0.000000263. The van der Waals surface area contributed by atoms with Crippen molar-refractivity contribution in [2.45, 2.75) is 27.2 Å². The molecular formula is C26H26Br2N2O7. The summed E-state index contributed by atoms with van der Waals surface area (Å²) in [5.74, 6) is -1.95. The molecule has 11 heteroatoms. The van der Waals surface area contributed by atoms with Crippen molar-refractivity contribution in [2.75, 3.05) is 19.8 Å². The number of pyridine rings is 3. The molecule has 0 radical (unpaired) electrons. The lowest BCUT2D eigenvalue weighted by Gasteiger charge is -2.06. The van der Waals surface area contributed by atoms with Gasteiger partial charge in [0.1, 0.15) is 11.1 Å². The van der Waals surface area contributed by atoms with Crippen LogP contribution >= 0.6 is 31.9 Å². The van der Waals surface area contributed by atoms with E-state index in [1.807, 2.05) is 12.1 Å². The van der Waals surface area contributed by atoms with Gasteiger partial charge in [0, 0.05) is 39.0 Å². The van der Waals surface area contributed by atoms with E-state index in [1.165, 1.54) is 16.5 Å². The fourth-order valence-corrected chi connectivity index (χ4v) is 3.50. The number of carbonyl (C=O) groups is 3. The zero-order valence-electron chi connectivity index (χ0n) is 20.5. The highest BCUT2D eigenvalue weighted by atomic mass is 79.9. The summed E-state index contributed by atoms with van der Waals surface area (Å²) < 4.78 is 17.6. The summed E-state index contributed by atoms with van der Waals surface area (Å²) in [6.07, 6.45) is 5.10. The zero-order chi connectivity index (χ0) is 27.4. The Bertz CT molecular complexity index is 1310. The van der Waals surface area contributed by atoms with Gasteiger partial charge in [0.15, 0.2) is 0 Å². The van der Waals surface area contributed by atoms with E-state index in [-0.39, 0.29) is 36.5 Å². The first-order valence-corrected chi connectivity index (χ1v) is 12.9. The van der Waals surface area contributed by atoms with Crippen molar-refractivity contribution < 1.29 is 28.6 Å². The molecule has 3 aromatic rings. The van der Waals surface area contributed by atoms with Gasteiger partial charge in [-0.25, -0.2) is 14.4 Å². The maximum atomic E-state index is 12.0. The van der Waals surface area contributed by atoms with Crippen molar-refractivity contribution in [3.8, 4) is 0 Å². The number of allylic oxidation sites excluding steroid dienone is 1. The van der Waals surface area contributed by atoms with Crippen LogP contribution in [0.15, 0.2) is 74.2 Å². The van der Waals surface area contributed by atoms with E-state index in [2.05, 4.69) is 36.8 Å². The molecule has 0 aliphatic rings. The molecule has 0 bridgehead atoms. The van der Waals surface area contributed by atoms with Crippen LogP contribution in [0.3, 0.4) is 0 Å².